The second kappa shape index (κ2) is 6.04. The number of aliphatic carboxylic acids is 1. The predicted molar refractivity (Wildman–Crippen MR) is 78.8 cm³/mol. The van der Waals surface area contributed by atoms with Crippen LogP contribution in [-0.2, 0) is 4.79 Å². The molecule has 1 saturated heterocycles. The Balaban J connectivity index is 1.91. The molecule has 1 N–H and O–H groups in total. The third-order valence-corrected chi connectivity index (χ3v) is 4.13. The second-order valence-electron chi connectivity index (χ2n) is 5.33. The van der Waals surface area contributed by atoms with Gasteiger partial charge < -0.3 is 19.5 Å². The molecule has 7 heteroatoms. The molecular weight excluding hydrogens is 310 g/mol. The minimum Gasteiger partial charge on any atom is -0.489 e. The fraction of sp³-hybridized carbons (Fsp3) is 0.467. The highest BCUT2D eigenvalue weighted by Gasteiger charge is 2.35. The number of hydrogen-bond acceptors (Lipinski definition) is 4. The molecule has 0 saturated carbocycles. The van der Waals surface area contributed by atoms with Crippen LogP contribution in [-0.4, -0.2) is 47.7 Å². The molecule has 0 spiro atoms. The van der Waals surface area contributed by atoms with Crippen molar-refractivity contribution in [3.05, 3.63) is 22.7 Å². The number of amides is 1. The molecule has 2 aliphatic heterocycles. The van der Waals surface area contributed by atoms with Crippen molar-refractivity contribution in [2.45, 2.75) is 25.3 Å². The number of carbonyl (C=O) groups excluding carboxylic acids is 1. The van der Waals surface area contributed by atoms with Crippen LogP contribution in [0.15, 0.2) is 12.1 Å². The van der Waals surface area contributed by atoms with E-state index in [1.54, 1.807) is 6.07 Å². The van der Waals surface area contributed by atoms with E-state index < -0.39 is 12.0 Å². The van der Waals surface area contributed by atoms with Gasteiger partial charge in [-0.1, -0.05) is 11.6 Å². The van der Waals surface area contributed by atoms with Crippen molar-refractivity contribution in [2.75, 3.05) is 19.8 Å². The molecule has 0 aliphatic carbocycles. The number of halogens is 1. The summed E-state index contributed by atoms with van der Waals surface area (Å²) in [5.41, 5.74) is 0.322. The molecule has 22 heavy (non-hydrogen) atoms. The van der Waals surface area contributed by atoms with Crippen LogP contribution in [0.25, 0.3) is 0 Å². The number of carboxylic acid groups (broad SMARTS) is 1. The maximum absolute atomic E-state index is 12.6. The molecule has 118 valence electrons. The first-order chi connectivity index (χ1) is 10.6. The fourth-order valence-electron chi connectivity index (χ4n) is 2.79. The van der Waals surface area contributed by atoms with E-state index in [-0.39, 0.29) is 5.91 Å². The second-order valence-corrected chi connectivity index (χ2v) is 5.74. The summed E-state index contributed by atoms with van der Waals surface area (Å²) in [5.74, 6) is -0.458. The molecule has 0 bridgehead atoms. The fourth-order valence-corrected chi connectivity index (χ4v) is 3.05. The Kier molecular flexibility index (Phi) is 4.11. The molecule has 1 aromatic carbocycles. The van der Waals surface area contributed by atoms with Gasteiger partial charge in [-0.2, -0.15) is 0 Å². The normalized spacial score (nSPS) is 20.6. The number of nitrogens with zero attached hydrogens (tertiary/aromatic N) is 1. The molecular formula is C15H16ClNO5. The molecule has 2 aliphatic rings. The van der Waals surface area contributed by atoms with Crippen LogP contribution in [0.2, 0.25) is 5.02 Å². The number of rotatable bonds is 2. The average Bonchev–Trinajstić information content (AvgIpc) is 2.85. The summed E-state index contributed by atoms with van der Waals surface area (Å²) >= 11 is 6.18. The zero-order valence-electron chi connectivity index (χ0n) is 11.9. The number of fused-ring (bicyclic) bond motifs is 1. The smallest absolute Gasteiger partial charge is 0.326 e. The molecule has 1 unspecified atom stereocenters. The van der Waals surface area contributed by atoms with Crippen LogP contribution >= 0.6 is 11.6 Å². The molecule has 0 radical (unpaired) electrons. The van der Waals surface area contributed by atoms with Gasteiger partial charge in [-0.3, -0.25) is 4.79 Å². The van der Waals surface area contributed by atoms with Crippen molar-refractivity contribution < 1.29 is 24.2 Å². The Labute approximate surface area is 132 Å². The summed E-state index contributed by atoms with van der Waals surface area (Å²) in [7, 11) is 0. The van der Waals surface area contributed by atoms with Crippen LogP contribution in [0.4, 0.5) is 0 Å². The van der Waals surface area contributed by atoms with Crippen LogP contribution in [0.5, 0.6) is 11.5 Å². The van der Waals surface area contributed by atoms with Crippen molar-refractivity contribution in [3.8, 4) is 11.5 Å². The molecule has 6 nitrogen and oxygen atoms in total. The quantitative estimate of drug-likeness (QED) is 0.902. The SMILES string of the molecule is O=C(O)C1CCCN1C(=O)c1cc(Cl)c2c(c1)OCCCO2. The van der Waals surface area contributed by atoms with Gasteiger partial charge in [0.1, 0.15) is 6.04 Å². The third kappa shape index (κ3) is 2.70. The first-order valence-corrected chi connectivity index (χ1v) is 7.58. The largest absolute Gasteiger partial charge is 0.489 e. The monoisotopic (exact) mass is 325 g/mol. The van der Waals surface area contributed by atoms with E-state index in [1.807, 2.05) is 0 Å². The lowest BCUT2D eigenvalue weighted by molar-refractivity contribution is -0.141. The van der Waals surface area contributed by atoms with Gasteiger partial charge in [0.15, 0.2) is 11.5 Å². The van der Waals surface area contributed by atoms with Gasteiger partial charge in [0.2, 0.25) is 0 Å². The van der Waals surface area contributed by atoms with Crippen LogP contribution < -0.4 is 9.47 Å². The first kappa shape index (κ1) is 15.0. The van der Waals surface area contributed by atoms with E-state index in [9.17, 15) is 14.7 Å². The number of hydrogen-bond donors (Lipinski definition) is 1. The van der Waals surface area contributed by atoms with Crippen molar-refractivity contribution in [2.24, 2.45) is 0 Å². The van der Waals surface area contributed by atoms with E-state index in [2.05, 4.69) is 0 Å². The van der Waals surface area contributed by atoms with Crippen molar-refractivity contribution in [3.63, 3.8) is 0 Å². The highest BCUT2D eigenvalue weighted by atomic mass is 35.5. The topological polar surface area (TPSA) is 76.1 Å². The summed E-state index contributed by atoms with van der Waals surface area (Å²) in [5, 5.41) is 9.50. The molecule has 1 atom stereocenters. The third-order valence-electron chi connectivity index (χ3n) is 3.85. The van der Waals surface area contributed by atoms with Gasteiger partial charge in [-0.15, -0.1) is 0 Å². The summed E-state index contributed by atoms with van der Waals surface area (Å²) in [6, 6.07) is 2.31. The number of carboxylic acids is 1. The Morgan fingerprint density at radius 2 is 2.00 bits per heavy atom. The average molecular weight is 326 g/mol. The molecule has 0 aromatic heterocycles. The Morgan fingerprint density at radius 1 is 1.23 bits per heavy atom. The van der Waals surface area contributed by atoms with Crippen LogP contribution in [0, 0.1) is 0 Å². The molecule has 1 aromatic rings. The zero-order chi connectivity index (χ0) is 15.7. The van der Waals surface area contributed by atoms with E-state index in [0.29, 0.717) is 54.7 Å². The maximum atomic E-state index is 12.6. The van der Waals surface area contributed by atoms with Gasteiger partial charge in [-0.25, -0.2) is 4.79 Å². The van der Waals surface area contributed by atoms with Gasteiger partial charge >= 0.3 is 5.97 Å². The summed E-state index contributed by atoms with van der Waals surface area (Å²) in [4.78, 5) is 25.2. The summed E-state index contributed by atoms with van der Waals surface area (Å²) in [6.45, 7) is 1.43. The summed E-state index contributed by atoms with van der Waals surface area (Å²) in [6.07, 6.45) is 1.89. The molecule has 2 heterocycles. The lowest BCUT2D eigenvalue weighted by Crippen LogP contribution is -2.40. The highest BCUT2D eigenvalue weighted by molar-refractivity contribution is 6.32. The highest BCUT2D eigenvalue weighted by Crippen LogP contribution is 2.38. The maximum Gasteiger partial charge on any atom is 0.326 e. The van der Waals surface area contributed by atoms with E-state index in [0.717, 1.165) is 6.42 Å². The number of ether oxygens (including phenoxy) is 2. The van der Waals surface area contributed by atoms with Crippen LogP contribution in [0.1, 0.15) is 29.6 Å². The Bertz CT molecular complexity index is 618. The number of benzene rings is 1. The van der Waals surface area contributed by atoms with E-state index in [1.165, 1.54) is 11.0 Å². The first-order valence-electron chi connectivity index (χ1n) is 7.21. The van der Waals surface area contributed by atoms with E-state index >= 15 is 0 Å². The van der Waals surface area contributed by atoms with Gasteiger partial charge in [-0.05, 0) is 25.0 Å². The standard InChI is InChI=1S/C15H16ClNO5/c16-10-7-9(8-12-13(10)22-6-2-5-21-12)14(18)17-4-1-3-11(17)15(19)20/h7-8,11H,1-6H2,(H,19,20). The van der Waals surface area contributed by atoms with Crippen molar-refractivity contribution in [1.82, 2.24) is 4.90 Å². The van der Waals surface area contributed by atoms with Gasteiger partial charge in [0.25, 0.3) is 5.91 Å². The number of carbonyl (C=O) groups is 2. The molecule has 3 rings (SSSR count). The zero-order valence-corrected chi connectivity index (χ0v) is 12.6. The lowest BCUT2D eigenvalue weighted by atomic mass is 10.1. The minimum absolute atomic E-state index is 0.300. The predicted octanol–water partition coefficient (Wildman–Crippen LogP) is 2.19. The van der Waals surface area contributed by atoms with E-state index in [4.69, 9.17) is 21.1 Å². The van der Waals surface area contributed by atoms with Crippen molar-refractivity contribution >= 4 is 23.5 Å². The lowest BCUT2D eigenvalue weighted by Gasteiger charge is -2.22. The van der Waals surface area contributed by atoms with Crippen molar-refractivity contribution in [1.29, 1.82) is 0 Å². The number of likely N-dealkylation sites (tertiary alicyclic amines) is 1. The molecule has 1 amide bonds. The minimum atomic E-state index is -0.980. The Hall–Kier alpha value is -1.95. The summed E-state index contributed by atoms with van der Waals surface area (Å²) < 4.78 is 11.1. The van der Waals surface area contributed by atoms with Gasteiger partial charge in [0.05, 0.1) is 18.2 Å². The Morgan fingerprint density at radius 3 is 2.77 bits per heavy atom. The molecule has 1 fully saturated rings. The van der Waals surface area contributed by atoms with Crippen LogP contribution in [0.3, 0.4) is 0 Å². The van der Waals surface area contributed by atoms with Gasteiger partial charge in [0, 0.05) is 18.5 Å².